The zero-order valence-corrected chi connectivity index (χ0v) is 14.4. The number of carboxylic acids is 2. The van der Waals surface area contributed by atoms with Gasteiger partial charge in [-0.25, -0.2) is 0 Å². The summed E-state index contributed by atoms with van der Waals surface area (Å²) in [6.45, 7) is 4.28. The summed E-state index contributed by atoms with van der Waals surface area (Å²) >= 11 is 0. The molecule has 0 saturated carbocycles. The summed E-state index contributed by atoms with van der Waals surface area (Å²) in [5.41, 5.74) is 0. The number of carbonyl (C=O) groups is 2. The Labute approximate surface area is 140 Å². The molecule has 0 spiro atoms. The van der Waals surface area contributed by atoms with E-state index in [0.717, 1.165) is 38.5 Å². The Morgan fingerprint density at radius 3 is 1.14 bits per heavy atom. The van der Waals surface area contributed by atoms with Gasteiger partial charge in [0.1, 0.15) is 0 Å². The number of rotatable bonds is 12. The molecule has 0 atom stereocenters. The van der Waals surface area contributed by atoms with Gasteiger partial charge in [0.05, 0.1) is 0 Å². The van der Waals surface area contributed by atoms with Crippen molar-refractivity contribution in [3.05, 3.63) is 0 Å². The molecule has 0 fully saturated rings. The second kappa shape index (κ2) is 21.8. The second-order valence-corrected chi connectivity index (χ2v) is 5.07. The molecule has 0 aliphatic heterocycles. The summed E-state index contributed by atoms with van der Waals surface area (Å²) in [7, 11) is 0. The fourth-order valence-corrected chi connectivity index (χ4v) is 1.75. The Kier molecular flexibility index (Phi) is 26.3. The van der Waals surface area contributed by atoms with Crippen molar-refractivity contribution in [2.45, 2.75) is 90.9 Å². The van der Waals surface area contributed by atoms with Crippen molar-refractivity contribution in [1.82, 2.24) is 0 Å². The van der Waals surface area contributed by atoms with Crippen molar-refractivity contribution in [2.24, 2.45) is 0 Å². The van der Waals surface area contributed by atoms with Crippen LogP contribution in [0.25, 0.3) is 0 Å². The van der Waals surface area contributed by atoms with Crippen LogP contribution in [-0.4, -0.2) is 11.9 Å². The Hall–Kier alpha value is -0.541. The Morgan fingerprint density at radius 1 is 0.619 bits per heavy atom. The van der Waals surface area contributed by atoms with E-state index < -0.39 is 11.9 Å². The fourth-order valence-electron chi connectivity index (χ4n) is 1.75. The molecular weight excluding hydrogens is 320 g/mol. The molecule has 129 valence electrons. The van der Waals surface area contributed by atoms with Gasteiger partial charge in [0.15, 0.2) is 0 Å². The zero-order valence-electron chi connectivity index (χ0n) is 13.4. The first-order valence-corrected chi connectivity index (χ1v) is 7.94. The van der Waals surface area contributed by atoms with Crippen LogP contribution >= 0.6 is 0 Å². The number of hydrogen-bond acceptors (Lipinski definition) is 4. The van der Waals surface area contributed by atoms with Crippen LogP contribution < -0.4 is 10.2 Å². The standard InChI is InChI=1S/2C8H16O2.Cu/c2*1-2-3-4-5-6-7-8(9)10;/h2*2-7H2,1H3,(H,9,10);/q;;+2/p-2. The second-order valence-electron chi connectivity index (χ2n) is 5.07. The molecule has 0 amide bonds. The normalized spacial score (nSPS) is 9.24. The molecule has 0 aliphatic carbocycles. The first kappa shape index (κ1) is 25.4. The third-order valence-electron chi connectivity index (χ3n) is 2.97. The van der Waals surface area contributed by atoms with Crippen molar-refractivity contribution in [1.29, 1.82) is 0 Å². The van der Waals surface area contributed by atoms with Gasteiger partial charge in [-0.2, -0.15) is 0 Å². The molecule has 0 saturated heterocycles. The monoisotopic (exact) mass is 349 g/mol. The minimum Gasteiger partial charge on any atom is -0.550 e. The van der Waals surface area contributed by atoms with E-state index in [0.29, 0.717) is 0 Å². The summed E-state index contributed by atoms with van der Waals surface area (Å²) in [6, 6.07) is 0. The van der Waals surface area contributed by atoms with Crippen molar-refractivity contribution in [3.8, 4) is 0 Å². The smallest absolute Gasteiger partial charge is 0.550 e. The SMILES string of the molecule is CCCCCCCC(=O)[O-].CCCCCCCC(=O)[O-].[Cu+2]. The predicted octanol–water partition coefficient (Wildman–Crippen LogP) is 2.19. The van der Waals surface area contributed by atoms with Crippen LogP contribution in [0, 0.1) is 0 Å². The van der Waals surface area contributed by atoms with Gasteiger partial charge in [0.25, 0.3) is 0 Å². The summed E-state index contributed by atoms with van der Waals surface area (Å²) in [5, 5.41) is 19.8. The Bertz CT molecular complexity index is 208. The molecule has 5 heteroatoms. The number of carboxylic acid groups (broad SMARTS) is 2. The van der Waals surface area contributed by atoms with Gasteiger partial charge in [-0.05, 0) is 25.7 Å². The number of unbranched alkanes of at least 4 members (excludes halogenated alkanes) is 8. The summed E-state index contributed by atoms with van der Waals surface area (Å²) in [6.07, 6.45) is 11.2. The Morgan fingerprint density at radius 2 is 0.905 bits per heavy atom. The third-order valence-corrected chi connectivity index (χ3v) is 2.97. The largest absolute Gasteiger partial charge is 2.00 e. The number of carbonyl (C=O) groups excluding carboxylic acids is 2. The van der Waals surface area contributed by atoms with Gasteiger partial charge >= 0.3 is 17.1 Å². The van der Waals surface area contributed by atoms with Crippen LogP contribution in [0.1, 0.15) is 90.9 Å². The van der Waals surface area contributed by atoms with E-state index in [4.69, 9.17) is 0 Å². The van der Waals surface area contributed by atoms with E-state index in [1.807, 2.05) is 0 Å². The minimum absolute atomic E-state index is 0. The molecule has 0 aromatic heterocycles. The average Bonchev–Trinajstić information content (AvgIpc) is 2.38. The van der Waals surface area contributed by atoms with Gasteiger partial charge in [-0.15, -0.1) is 0 Å². The van der Waals surface area contributed by atoms with Gasteiger partial charge in [0.2, 0.25) is 0 Å². The molecule has 0 bridgehead atoms. The molecule has 0 unspecified atom stereocenters. The van der Waals surface area contributed by atoms with Crippen LogP contribution in [0.2, 0.25) is 0 Å². The average molecular weight is 350 g/mol. The van der Waals surface area contributed by atoms with E-state index in [-0.39, 0.29) is 29.9 Å². The van der Waals surface area contributed by atoms with Crippen molar-refractivity contribution in [3.63, 3.8) is 0 Å². The minimum atomic E-state index is -0.920. The third kappa shape index (κ3) is 32.7. The van der Waals surface area contributed by atoms with Gasteiger partial charge in [-0.1, -0.05) is 65.2 Å². The van der Waals surface area contributed by atoms with Gasteiger partial charge in [0, 0.05) is 11.9 Å². The zero-order chi connectivity index (χ0) is 15.6. The molecule has 21 heavy (non-hydrogen) atoms. The van der Waals surface area contributed by atoms with E-state index in [9.17, 15) is 19.8 Å². The molecular formula is C16H30CuO4. The first-order chi connectivity index (χ1) is 9.54. The molecule has 0 rings (SSSR count). The van der Waals surface area contributed by atoms with E-state index in [1.54, 1.807) is 0 Å². The summed E-state index contributed by atoms with van der Waals surface area (Å²) < 4.78 is 0. The van der Waals surface area contributed by atoms with Crippen molar-refractivity contribution >= 4 is 11.9 Å². The predicted molar refractivity (Wildman–Crippen MR) is 76.8 cm³/mol. The van der Waals surface area contributed by atoms with Crippen LogP contribution in [0.15, 0.2) is 0 Å². The number of aliphatic carboxylic acids is 2. The molecule has 1 radical (unpaired) electrons. The Balaban J connectivity index is -0.000000295. The van der Waals surface area contributed by atoms with E-state index in [2.05, 4.69) is 13.8 Å². The molecule has 4 nitrogen and oxygen atoms in total. The molecule has 0 aromatic carbocycles. The maximum absolute atomic E-state index is 9.92. The van der Waals surface area contributed by atoms with Gasteiger partial charge < -0.3 is 19.8 Å². The maximum atomic E-state index is 9.92. The van der Waals surface area contributed by atoms with Gasteiger partial charge in [-0.3, -0.25) is 0 Å². The van der Waals surface area contributed by atoms with Crippen LogP contribution in [0.4, 0.5) is 0 Å². The van der Waals surface area contributed by atoms with E-state index >= 15 is 0 Å². The first-order valence-electron chi connectivity index (χ1n) is 7.94. The molecule has 0 heterocycles. The van der Waals surface area contributed by atoms with E-state index in [1.165, 1.54) is 25.7 Å². The van der Waals surface area contributed by atoms with Crippen LogP contribution in [0.5, 0.6) is 0 Å². The molecule has 0 N–H and O–H groups in total. The molecule has 0 aromatic rings. The van der Waals surface area contributed by atoms with Crippen molar-refractivity contribution < 1.29 is 36.9 Å². The van der Waals surface area contributed by atoms with Crippen molar-refractivity contribution in [2.75, 3.05) is 0 Å². The van der Waals surface area contributed by atoms with Crippen LogP contribution in [-0.2, 0) is 26.7 Å². The maximum Gasteiger partial charge on any atom is 2.00 e. The van der Waals surface area contributed by atoms with Crippen LogP contribution in [0.3, 0.4) is 0 Å². The fraction of sp³-hybridized carbons (Fsp3) is 0.875. The quantitative estimate of drug-likeness (QED) is 0.399. The topological polar surface area (TPSA) is 80.3 Å². The summed E-state index contributed by atoms with van der Waals surface area (Å²) in [4.78, 5) is 19.8. The summed E-state index contributed by atoms with van der Waals surface area (Å²) in [5.74, 6) is -1.84. The number of hydrogen-bond donors (Lipinski definition) is 0. The molecule has 0 aliphatic rings.